The summed E-state index contributed by atoms with van der Waals surface area (Å²) in [5, 5.41) is 8.01. The van der Waals surface area contributed by atoms with Gasteiger partial charge >= 0.3 is 0 Å². The number of amides is 1. The van der Waals surface area contributed by atoms with Crippen LogP contribution in [0.3, 0.4) is 0 Å². The Bertz CT molecular complexity index is 1450. The molecule has 3 N–H and O–H groups in total. The molecule has 2 aromatic heterocycles. The first kappa shape index (κ1) is 25.8. The number of nitrogens with two attached hydrogens (primary N) is 1. The van der Waals surface area contributed by atoms with E-state index in [1.165, 1.54) is 6.07 Å². The lowest BCUT2D eigenvalue weighted by atomic mass is 10.0. The van der Waals surface area contributed by atoms with Gasteiger partial charge in [-0.25, -0.2) is 9.49 Å². The minimum absolute atomic E-state index is 0.0295. The Labute approximate surface area is 220 Å². The first-order valence-electron chi connectivity index (χ1n) is 13.1. The molecular weight excluding hydrogens is 483 g/mol. The molecule has 0 radical (unpaired) electrons. The SMILES string of the molecule is NC1CN(C(=O)c2cc(Cc3n[nH]c(=O)c4ccccc34)ccc2F)CCN1CCCCCn1cccc1. The Morgan fingerprint density at radius 2 is 1.76 bits per heavy atom. The summed E-state index contributed by atoms with van der Waals surface area (Å²) in [5.41, 5.74) is 7.58. The molecule has 2 aromatic carbocycles. The van der Waals surface area contributed by atoms with Crippen LogP contribution in [0.15, 0.2) is 71.8 Å². The first-order valence-corrected chi connectivity index (χ1v) is 13.1. The van der Waals surface area contributed by atoms with E-state index in [1.54, 1.807) is 29.2 Å². The lowest BCUT2D eigenvalue weighted by Crippen LogP contribution is -2.58. The van der Waals surface area contributed by atoms with Crippen LogP contribution in [0.2, 0.25) is 0 Å². The van der Waals surface area contributed by atoms with Gasteiger partial charge in [0.15, 0.2) is 0 Å². The molecule has 0 bridgehead atoms. The van der Waals surface area contributed by atoms with Gasteiger partial charge in [-0.05, 0) is 55.3 Å². The third kappa shape index (κ3) is 5.84. The van der Waals surface area contributed by atoms with Crippen molar-refractivity contribution in [1.29, 1.82) is 0 Å². The molecule has 5 rings (SSSR count). The van der Waals surface area contributed by atoms with E-state index in [1.807, 2.05) is 24.3 Å². The summed E-state index contributed by atoms with van der Waals surface area (Å²) < 4.78 is 17.0. The highest BCUT2D eigenvalue weighted by atomic mass is 19.1. The number of aromatic nitrogens is 3. The maximum atomic E-state index is 14.8. The fourth-order valence-electron chi connectivity index (χ4n) is 5.13. The number of carbonyl (C=O) groups excluding carboxylic acids is 1. The molecule has 1 saturated heterocycles. The van der Waals surface area contributed by atoms with Crippen LogP contribution in [0.25, 0.3) is 10.8 Å². The average molecular weight is 517 g/mol. The summed E-state index contributed by atoms with van der Waals surface area (Å²) in [6, 6.07) is 15.8. The summed E-state index contributed by atoms with van der Waals surface area (Å²) in [4.78, 5) is 29.2. The van der Waals surface area contributed by atoms with Gasteiger partial charge in [-0.3, -0.25) is 14.5 Å². The van der Waals surface area contributed by atoms with Crippen molar-refractivity contribution >= 4 is 16.7 Å². The van der Waals surface area contributed by atoms with Crippen LogP contribution in [0.4, 0.5) is 4.39 Å². The van der Waals surface area contributed by atoms with Crippen molar-refractivity contribution in [2.45, 2.75) is 38.4 Å². The van der Waals surface area contributed by atoms with Gasteiger partial charge in [0.1, 0.15) is 5.82 Å². The van der Waals surface area contributed by atoms with Gasteiger partial charge in [0.2, 0.25) is 0 Å². The molecule has 0 spiro atoms. The van der Waals surface area contributed by atoms with Gasteiger partial charge < -0.3 is 15.2 Å². The summed E-state index contributed by atoms with van der Waals surface area (Å²) in [7, 11) is 0. The number of piperazine rings is 1. The van der Waals surface area contributed by atoms with E-state index >= 15 is 0 Å². The molecule has 9 heteroatoms. The van der Waals surface area contributed by atoms with Crippen LogP contribution in [-0.2, 0) is 13.0 Å². The van der Waals surface area contributed by atoms with Crippen LogP contribution in [0.1, 0.15) is 40.9 Å². The normalized spacial score (nSPS) is 16.3. The van der Waals surface area contributed by atoms with Crippen LogP contribution in [0.5, 0.6) is 0 Å². The van der Waals surface area contributed by atoms with Crippen LogP contribution in [0, 0.1) is 5.82 Å². The quantitative estimate of drug-likeness (QED) is 0.332. The molecule has 0 aliphatic carbocycles. The number of unbranched alkanes of at least 4 members (excludes halogenated alkanes) is 2. The molecule has 8 nitrogen and oxygen atoms in total. The third-order valence-corrected chi connectivity index (χ3v) is 7.26. The van der Waals surface area contributed by atoms with E-state index < -0.39 is 5.82 Å². The number of hydrogen-bond donors (Lipinski definition) is 2. The van der Waals surface area contributed by atoms with Crippen molar-refractivity contribution in [2.75, 3.05) is 26.2 Å². The number of benzene rings is 2. The monoisotopic (exact) mass is 516 g/mol. The number of hydrogen-bond acceptors (Lipinski definition) is 5. The second kappa shape index (κ2) is 11.7. The molecule has 1 unspecified atom stereocenters. The van der Waals surface area contributed by atoms with Gasteiger partial charge in [0, 0.05) is 50.4 Å². The summed E-state index contributed by atoms with van der Waals surface area (Å²) in [6.07, 6.45) is 7.51. The number of nitrogens with one attached hydrogen (secondary N) is 1. The Hall–Kier alpha value is -3.82. The number of rotatable bonds is 9. The van der Waals surface area contributed by atoms with Crippen molar-refractivity contribution < 1.29 is 9.18 Å². The largest absolute Gasteiger partial charge is 0.354 e. The number of H-pyrrole nitrogens is 1. The van der Waals surface area contributed by atoms with E-state index in [2.05, 4.69) is 32.1 Å². The standard InChI is InChI=1S/C29H33FN6O2/c30-25-11-10-21(19-26-22-8-2-3-9-23(22)28(37)33-32-26)18-24(25)29(38)36-17-16-35(27(31)20-36)15-5-1-4-12-34-13-6-7-14-34/h2-3,6-11,13-14,18,27H,1,4-5,12,15-17,19-20,31H2,(H,33,37). The number of nitrogens with zero attached hydrogens (tertiary/aromatic N) is 4. The predicted molar refractivity (Wildman–Crippen MR) is 145 cm³/mol. The number of aryl methyl sites for hydroxylation is 1. The Morgan fingerprint density at radius 3 is 2.55 bits per heavy atom. The molecule has 1 fully saturated rings. The molecule has 1 amide bonds. The van der Waals surface area contributed by atoms with Crippen molar-refractivity contribution in [3.05, 3.63) is 100.0 Å². The zero-order chi connectivity index (χ0) is 26.5. The fourth-order valence-corrected chi connectivity index (χ4v) is 5.13. The minimum atomic E-state index is -0.559. The maximum Gasteiger partial charge on any atom is 0.272 e. The van der Waals surface area contributed by atoms with Crippen molar-refractivity contribution in [3.8, 4) is 0 Å². The highest BCUT2D eigenvalue weighted by Gasteiger charge is 2.28. The maximum absolute atomic E-state index is 14.8. The van der Waals surface area contributed by atoms with E-state index in [0.29, 0.717) is 37.1 Å². The first-order chi connectivity index (χ1) is 18.5. The van der Waals surface area contributed by atoms with Gasteiger partial charge in [-0.2, -0.15) is 5.10 Å². The lowest BCUT2D eigenvalue weighted by Gasteiger charge is -2.39. The second-order valence-electron chi connectivity index (χ2n) is 9.87. The van der Waals surface area contributed by atoms with Crippen LogP contribution < -0.4 is 11.3 Å². The second-order valence-corrected chi connectivity index (χ2v) is 9.87. The average Bonchev–Trinajstić information content (AvgIpc) is 3.45. The number of aromatic amines is 1. The number of fused-ring (bicyclic) bond motifs is 1. The molecule has 4 aromatic rings. The molecule has 1 aliphatic heterocycles. The van der Waals surface area contributed by atoms with Crippen molar-refractivity contribution in [1.82, 2.24) is 24.6 Å². The Balaban J connectivity index is 1.19. The molecule has 1 atom stereocenters. The molecule has 3 heterocycles. The lowest BCUT2D eigenvalue weighted by molar-refractivity contribution is 0.0484. The molecular formula is C29H33FN6O2. The van der Waals surface area contributed by atoms with Crippen LogP contribution in [-0.4, -0.2) is 62.8 Å². The zero-order valence-corrected chi connectivity index (χ0v) is 21.4. The van der Waals surface area contributed by atoms with Gasteiger partial charge in [-0.1, -0.05) is 30.7 Å². The van der Waals surface area contributed by atoms with Gasteiger partial charge in [0.05, 0.1) is 22.8 Å². The summed E-state index contributed by atoms with van der Waals surface area (Å²) in [6.45, 7) is 3.43. The van der Waals surface area contributed by atoms with Crippen molar-refractivity contribution in [3.63, 3.8) is 0 Å². The molecule has 38 heavy (non-hydrogen) atoms. The number of halogens is 1. The number of carbonyl (C=O) groups is 1. The van der Waals surface area contributed by atoms with Gasteiger partial charge in [0.25, 0.3) is 11.5 Å². The van der Waals surface area contributed by atoms with E-state index in [4.69, 9.17) is 5.73 Å². The molecule has 198 valence electrons. The Kier molecular flexibility index (Phi) is 7.95. The minimum Gasteiger partial charge on any atom is -0.354 e. The molecule has 0 saturated carbocycles. The smallest absolute Gasteiger partial charge is 0.272 e. The summed E-state index contributed by atoms with van der Waals surface area (Å²) in [5.74, 6) is -0.915. The van der Waals surface area contributed by atoms with Gasteiger partial charge in [-0.15, -0.1) is 0 Å². The third-order valence-electron chi connectivity index (χ3n) is 7.26. The predicted octanol–water partition coefficient (Wildman–Crippen LogP) is 3.37. The van der Waals surface area contributed by atoms with E-state index in [-0.39, 0.29) is 23.2 Å². The van der Waals surface area contributed by atoms with Crippen LogP contribution >= 0.6 is 0 Å². The van der Waals surface area contributed by atoms with E-state index in [9.17, 15) is 14.0 Å². The zero-order valence-electron chi connectivity index (χ0n) is 21.4. The molecule has 1 aliphatic rings. The fraction of sp³-hybridized carbons (Fsp3) is 0.345. The Morgan fingerprint density at radius 1 is 1.00 bits per heavy atom. The van der Waals surface area contributed by atoms with Crippen molar-refractivity contribution in [2.24, 2.45) is 5.73 Å². The van der Waals surface area contributed by atoms with E-state index in [0.717, 1.165) is 43.3 Å². The topological polar surface area (TPSA) is 100 Å². The summed E-state index contributed by atoms with van der Waals surface area (Å²) >= 11 is 0. The highest BCUT2D eigenvalue weighted by molar-refractivity contribution is 5.95. The highest BCUT2D eigenvalue weighted by Crippen LogP contribution is 2.20.